The van der Waals surface area contributed by atoms with Crippen molar-refractivity contribution in [2.45, 2.75) is 6.92 Å². The fraction of sp³-hybridized carbons (Fsp3) is 0.111. The summed E-state index contributed by atoms with van der Waals surface area (Å²) in [5.74, 6) is 0.351. The zero-order chi connectivity index (χ0) is 15.4. The molecule has 0 aliphatic carbocycles. The summed E-state index contributed by atoms with van der Waals surface area (Å²) < 4.78 is 5.01. The van der Waals surface area contributed by atoms with Crippen molar-refractivity contribution < 1.29 is 9.53 Å². The highest BCUT2D eigenvalue weighted by Crippen LogP contribution is 2.29. The predicted octanol–water partition coefficient (Wildman–Crippen LogP) is 3.27. The normalized spacial score (nSPS) is 14.8. The second-order valence-electron chi connectivity index (χ2n) is 4.78. The van der Waals surface area contributed by atoms with Crippen molar-refractivity contribution in [3.8, 4) is 0 Å². The number of rotatable bonds is 3. The lowest BCUT2D eigenvalue weighted by atomic mass is 10.1. The van der Waals surface area contributed by atoms with E-state index in [4.69, 9.17) is 4.74 Å². The Morgan fingerprint density at radius 3 is 2.64 bits per heavy atom. The first-order valence-electron chi connectivity index (χ1n) is 7.17. The number of para-hydroxylation sites is 1. The van der Waals surface area contributed by atoms with Crippen LogP contribution in [-0.2, 0) is 9.53 Å². The van der Waals surface area contributed by atoms with Crippen LogP contribution in [0.3, 0.4) is 0 Å². The van der Waals surface area contributed by atoms with Gasteiger partial charge in [0.15, 0.2) is 0 Å². The van der Waals surface area contributed by atoms with Crippen LogP contribution in [0.25, 0.3) is 5.70 Å². The maximum atomic E-state index is 11.8. The number of benzene rings is 2. The van der Waals surface area contributed by atoms with Crippen molar-refractivity contribution in [1.29, 1.82) is 0 Å². The molecule has 0 amide bonds. The Kier molecular flexibility index (Phi) is 4.01. The van der Waals surface area contributed by atoms with Crippen LogP contribution in [0.1, 0.15) is 18.1 Å². The van der Waals surface area contributed by atoms with Gasteiger partial charge in [0.25, 0.3) is 0 Å². The number of nitrogens with zero attached hydrogens (tertiary/aromatic N) is 1. The van der Waals surface area contributed by atoms with Gasteiger partial charge in [-0.15, -0.1) is 0 Å². The van der Waals surface area contributed by atoms with Crippen LogP contribution in [0.5, 0.6) is 0 Å². The SMILES string of the molecule is CCOC(=O)/C=C1\NC(c2ccccc2)=Nc2ccccc21. The number of hydrogen-bond acceptors (Lipinski definition) is 4. The molecule has 0 spiro atoms. The molecule has 4 nitrogen and oxygen atoms in total. The van der Waals surface area contributed by atoms with Gasteiger partial charge in [0.1, 0.15) is 5.84 Å². The first-order chi connectivity index (χ1) is 10.8. The maximum absolute atomic E-state index is 11.8. The molecule has 0 atom stereocenters. The Bertz CT molecular complexity index is 749. The molecule has 0 saturated carbocycles. The molecular formula is C18H16N2O2. The van der Waals surface area contributed by atoms with Gasteiger partial charge in [-0.3, -0.25) is 0 Å². The highest BCUT2D eigenvalue weighted by molar-refractivity contribution is 6.09. The number of carbonyl (C=O) groups is 1. The molecule has 0 bridgehead atoms. The minimum absolute atomic E-state index is 0.351. The Morgan fingerprint density at radius 1 is 1.14 bits per heavy atom. The lowest BCUT2D eigenvalue weighted by Crippen LogP contribution is -2.26. The fourth-order valence-electron chi connectivity index (χ4n) is 2.29. The molecular weight excluding hydrogens is 276 g/mol. The van der Waals surface area contributed by atoms with E-state index < -0.39 is 0 Å². The number of fused-ring (bicyclic) bond motifs is 1. The van der Waals surface area contributed by atoms with Crippen LogP contribution in [0.4, 0.5) is 5.69 Å². The Hall–Kier alpha value is -2.88. The van der Waals surface area contributed by atoms with E-state index in [0.717, 1.165) is 22.6 Å². The molecule has 1 heterocycles. The number of hydrogen-bond donors (Lipinski definition) is 1. The molecule has 22 heavy (non-hydrogen) atoms. The first-order valence-corrected chi connectivity index (χ1v) is 7.17. The quantitative estimate of drug-likeness (QED) is 0.697. The molecule has 1 aliphatic rings. The minimum atomic E-state index is -0.367. The average molecular weight is 292 g/mol. The van der Waals surface area contributed by atoms with Gasteiger partial charge in [-0.2, -0.15) is 0 Å². The standard InChI is InChI=1S/C18H16N2O2/c1-2-22-17(21)12-16-14-10-6-7-11-15(14)19-18(20-16)13-8-4-3-5-9-13/h3-12H,2H2,1H3,(H,19,20)/b16-12-. The van der Waals surface area contributed by atoms with Gasteiger partial charge < -0.3 is 10.1 Å². The van der Waals surface area contributed by atoms with Gasteiger partial charge in [-0.25, -0.2) is 9.79 Å². The van der Waals surface area contributed by atoms with E-state index >= 15 is 0 Å². The van der Waals surface area contributed by atoms with Crippen LogP contribution in [0, 0.1) is 0 Å². The molecule has 110 valence electrons. The molecule has 2 aromatic rings. The van der Waals surface area contributed by atoms with Crippen molar-refractivity contribution in [1.82, 2.24) is 5.32 Å². The van der Waals surface area contributed by atoms with Crippen LogP contribution in [0.15, 0.2) is 65.7 Å². The average Bonchev–Trinajstić information content (AvgIpc) is 2.56. The summed E-state index contributed by atoms with van der Waals surface area (Å²) in [6.45, 7) is 2.14. The van der Waals surface area contributed by atoms with Gasteiger partial charge in [0.2, 0.25) is 0 Å². The summed E-state index contributed by atoms with van der Waals surface area (Å²) in [5, 5.41) is 3.23. The van der Waals surface area contributed by atoms with Gasteiger partial charge in [0.05, 0.1) is 18.0 Å². The van der Waals surface area contributed by atoms with E-state index in [1.54, 1.807) is 6.92 Å². The van der Waals surface area contributed by atoms with Crippen molar-refractivity contribution in [3.63, 3.8) is 0 Å². The summed E-state index contributed by atoms with van der Waals surface area (Å²) in [6.07, 6.45) is 1.47. The second kappa shape index (κ2) is 6.26. The molecule has 1 aliphatic heterocycles. The number of esters is 1. The summed E-state index contributed by atoms with van der Waals surface area (Å²) in [4.78, 5) is 16.4. The number of carbonyl (C=O) groups excluding carboxylic acids is 1. The van der Waals surface area contributed by atoms with Gasteiger partial charge in [0, 0.05) is 17.2 Å². The largest absolute Gasteiger partial charge is 0.463 e. The zero-order valence-electron chi connectivity index (χ0n) is 12.2. The molecule has 2 aromatic carbocycles. The predicted molar refractivity (Wildman–Crippen MR) is 86.8 cm³/mol. The van der Waals surface area contributed by atoms with E-state index in [-0.39, 0.29) is 5.97 Å². The number of nitrogens with one attached hydrogen (secondary N) is 1. The van der Waals surface area contributed by atoms with Crippen molar-refractivity contribution >= 4 is 23.2 Å². The van der Waals surface area contributed by atoms with Crippen LogP contribution < -0.4 is 5.32 Å². The Labute approximate surface area is 129 Å². The van der Waals surface area contributed by atoms with Crippen LogP contribution in [0.2, 0.25) is 0 Å². The van der Waals surface area contributed by atoms with E-state index in [0.29, 0.717) is 12.3 Å². The smallest absolute Gasteiger partial charge is 0.332 e. The first kappa shape index (κ1) is 14.1. The monoisotopic (exact) mass is 292 g/mol. The molecule has 0 unspecified atom stereocenters. The number of ether oxygens (including phenoxy) is 1. The Balaban J connectivity index is 2.04. The van der Waals surface area contributed by atoms with Crippen LogP contribution >= 0.6 is 0 Å². The topological polar surface area (TPSA) is 50.7 Å². The van der Waals surface area contributed by atoms with E-state index in [1.807, 2.05) is 54.6 Å². The molecule has 0 radical (unpaired) electrons. The van der Waals surface area contributed by atoms with Gasteiger partial charge in [-0.05, 0) is 13.0 Å². The molecule has 1 N–H and O–H groups in total. The molecule has 0 saturated heterocycles. The van der Waals surface area contributed by atoms with Crippen molar-refractivity contribution in [2.75, 3.05) is 6.61 Å². The second-order valence-corrected chi connectivity index (χ2v) is 4.78. The third-order valence-electron chi connectivity index (χ3n) is 3.28. The molecule has 0 fully saturated rings. The summed E-state index contributed by atoms with van der Waals surface area (Å²) in [5.41, 5.74) is 3.38. The Morgan fingerprint density at radius 2 is 1.86 bits per heavy atom. The fourth-order valence-corrected chi connectivity index (χ4v) is 2.29. The molecule has 3 rings (SSSR count). The maximum Gasteiger partial charge on any atom is 0.332 e. The third kappa shape index (κ3) is 2.91. The van der Waals surface area contributed by atoms with Crippen molar-refractivity contribution in [3.05, 3.63) is 71.8 Å². The van der Waals surface area contributed by atoms with E-state index in [9.17, 15) is 4.79 Å². The zero-order valence-corrected chi connectivity index (χ0v) is 12.2. The summed E-state index contributed by atoms with van der Waals surface area (Å²) in [7, 11) is 0. The number of amidine groups is 1. The number of aliphatic imine (C=N–C) groups is 1. The lowest BCUT2D eigenvalue weighted by Gasteiger charge is -2.20. The third-order valence-corrected chi connectivity index (χ3v) is 3.28. The van der Waals surface area contributed by atoms with Gasteiger partial charge in [-0.1, -0.05) is 48.5 Å². The van der Waals surface area contributed by atoms with Crippen molar-refractivity contribution in [2.24, 2.45) is 4.99 Å². The lowest BCUT2D eigenvalue weighted by molar-refractivity contribution is -0.137. The van der Waals surface area contributed by atoms with E-state index in [2.05, 4.69) is 10.3 Å². The van der Waals surface area contributed by atoms with E-state index in [1.165, 1.54) is 6.08 Å². The van der Waals surface area contributed by atoms with Gasteiger partial charge >= 0.3 is 5.97 Å². The highest BCUT2D eigenvalue weighted by atomic mass is 16.5. The molecule has 4 heteroatoms. The minimum Gasteiger partial charge on any atom is -0.463 e. The summed E-state index contributed by atoms with van der Waals surface area (Å²) >= 11 is 0. The van der Waals surface area contributed by atoms with Crippen LogP contribution in [-0.4, -0.2) is 18.4 Å². The highest BCUT2D eigenvalue weighted by Gasteiger charge is 2.18. The summed E-state index contributed by atoms with van der Waals surface area (Å²) in [6, 6.07) is 17.5. The molecule has 0 aromatic heterocycles.